The standard InChI is InChI=1S/C18H17Br2NO5/c1-10(22)21-16(18(23)24)9-11-7-14(19)17(15(20)8-11)26-13-5-3-12(25-2)4-6-13/h3-8,16H,9H2,1-2H3,(H,21,22)(H,23,24)/t16-/m0/s1. The van der Waals surface area contributed by atoms with Crippen LogP contribution >= 0.6 is 31.9 Å². The molecule has 0 unspecified atom stereocenters. The zero-order valence-corrected chi connectivity index (χ0v) is 17.3. The van der Waals surface area contributed by atoms with Crippen LogP contribution in [0, 0.1) is 0 Å². The van der Waals surface area contributed by atoms with Crippen molar-refractivity contribution in [3.8, 4) is 17.2 Å². The van der Waals surface area contributed by atoms with Crippen LogP contribution in [0.15, 0.2) is 45.3 Å². The molecule has 2 rings (SSSR count). The van der Waals surface area contributed by atoms with Gasteiger partial charge in [0.2, 0.25) is 5.91 Å². The molecular formula is C18H17Br2NO5. The highest BCUT2D eigenvalue weighted by molar-refractivity contribution is 9.11. The van der Waals surface area contributed by atoms with Gasteiger partial charge in [-0.15, -0.1) is 0 Å². The molecule has 8 heteroatoms. The normalized spacial score (nSPS) is 11.5. The van der Waals surface area contributed by atoms with Crippen molar-refractivity contribution in [1.29, 1.82) is 0 Å². The minimum absolute atomic E-state index is 0.148. The van der Waals surface area contributed by atoms with Crippen molar-refractivity contribution in [3.05, 3.63) is 50.9 Å². The van der Waals surface area contributed by atoms with Gasteiger partial charge >= 0.3 is 5.97 Å². The van der Waals surface area contributed by atoms with E-state index in [4.69, 9.17) is 9.47 Å². The number of ether oxygens (including phenoxy) is 2. The monoisotopic (exact) mass is 485 g/mol. The molecule has 2 N–H and O–H groups in total. The van der Waals surface area contributed by atoms with Gasteiger partial charge in [-0.2, -0.15) is 0 Å². The van der Waals surface area contributed by atoms with E-state index in [0.29, 0.717) is 20.4 Å². The number of nitrogens with one attached hydrogen (secondary N) is 1. The molecule has 6 nitrogen and oxygen atoms in total. The van der Waals surface area contributed by atoms with Crippen LogP contribution in [0.3, 0.4) is 0 Å². The molecule has 26 heavy (non-hydrogen) atoms. The second-order valence-electron chi connectivity index (χ2n) is 5.46. The van der Waals surface area contributed by atoms with Crippen LogP contribution in [0.2, 0.25) is 0 Å². The minimum Gasteiger partial charge on any atom is -0.497 e. The second kappa shape index (κ2) is 9.05. The molecule has 0 saturated heterocycles. The Bertz CT molecular complexity index is 785. The Labute approximate surface area is 167 Å². The maximum absolute atomic E-state index is 11.3. The molecule has 0 fully saturated rings. The molecule has 0 aliphatic rings. The van der Waals surface area contributed by atoms with Crippen LogP contribution in [-0.2, 0) is 16.0 Å². The van der Waals surface area contributed by atoms with E-state index in [2.05, 4.69) is 37.2 Å². The number of aliphatic carboxylic acids is 1. The number of halogens is 2. The highest BCUT2D eigenvalue weighted by atomic mass is 79.9. The fraction of sp³-hybridized carbons (Fsp3) is 0.222. The summed E-state index contributed by atoms with van der Waals surface area (Å²) in [5, 5.41) is 11.7. The number of amides is 1. The van der Waals surface area contributed by atoms with E-state index < -0.39 is 17.9 Å². The first-order chi connectivity index (χ1) is 12.3. The van der Waals surface area contributed by atoms with Crippen molar-refractivity contribution in [2.24, 2.45) is 0 Å². The molecule has 0 aliphatic carbocycles. The Morgan fingerprint density at radius 1 is 1.12 bits per heavy atom. The lowest BCUT2D eigenvalue weighted by Gasteiger charge is -2.16. The molecule has 0 spiro atoms. The van der Waals surface area contributed by atoms with Gasteiger partial charge in [-0.05, 0) is 73.8 Å². The predicted octanol–water partition coefficient (Wildman–Crippen LogP) is 4.14. The first-order valence-electron chi connectivity index (χ1n) is 7.60. The van der Waals surface area contributed by atoms with E-state index in [1.54, 1.807) is 43.5 Å². The lowest BCUT2D eigenvalue weighted by Crippen LogP contribution is -2.41. The Hall–Kier alpha value is -2.06. The summed E-state index contributed by atoms with van der Waals surface area (Å²) in [7, 11) is 1.59. The van der Waals surface area contributed by atoms with Crippen LogP contribution in [0.5, 0.6) is 17.2 Å². The summed E-state index contributed by atoms with van der Waals surface area (Å²) >= 11 is 6.89. The number of carbonyl (C=O) groups is 2. The van der Waals surface area contributed by atoms with Crippen molar-refractivity contribution in [2.45, 2.75) is 19.4 Å². The Morgan fingerprint density at radius 2 is 1.65 bits per heavy atom. The fourth-order valence-corrected chi connectivity index (χ4v) is 3.71. The van der Waals surface area contributed by atoms with Crippen molar-refractivity contribution in [3.63, 3.8) is 0 Å². The third-order valence-electron chi connectivity index (χ3n) is 3.45. The highest BCUT2D eigenvalue weighted by Crippen LogP contribution is 2.38. The topological polar surface area (TPSA) is 84.9 Å². The quantitative estimate of drug-likeness (QED) is 0.614. The summed E-state index contributed by atoms with van der Waals surface area (Å²) in [5.41, 5.74) is 0.729. The second-order valence-corrected chi connectivity index (χ2v) is 7.17. The summed E-state index contributed by atoms with van der Waals surface area (Å²) in [5.74, 6) is 0.427. The van der Waals surface area contributed by atoms with Gasteiger partial charge in [0.05, 0.1) is 16.1 Å². The first kappa shape index (κ1) is 20.3. The third-order valence-corrected chi connectivity index (χ3v) is 4.63. The van der Waals surface area contributed by atoms with Crippen molar-refractivity contribution in [1.82, 2.24) is 5.32 Å². The summed E-state index contributed by atoms with van der Waals surface area (Å²) < 4.78 is 12.3. The van der Waals surface area contributed by atoms with Crippen molar-refractivity contribution in [2.75, 3.05) is 7.11 Å². The maximum atomic E-state index is 11.3. The van der Waals surface area contributed by atoms with Gasteiger partial charge in [0.15, 0.2) is 5.75 Å². The number of carboxylic acids is 1. The number of methoxy groups -OCH3 is 1. The van der Waals surface area contributed by atoms with Crippen LogP contribution in [0.1, 0.15) is 12.5 Å². The van der Waals surface area contributed by atoms with Crippen molar-refractivity contribution < 1.29 is 24.2 Å². The lowest BCUT2D eigenvalue weighted by atomic mass is 10.1. The number of hydrogen-bond acceptors (Lipinski definition) is 4. The molecule has 0 radical (unpaired) electrons. The molecule has 0 bridgehead atoms. The predicted molar refractivity (Wildman–Crippen MR) is 104 cm³/mol. The summed E-state index contributed by atoms with van der Waals surface area (Å²) in [6.07, 6.45) is 0.148. The van der Waals surface area contributed by atoms with E-state index in [9.17, 15) is 14.7 Å². The summed E-state index contributed by atoms with van der Waals surface area (Å²) in [4.78, 5) is 22.5. The summed E-state index contributed by atoms with van der Waals surface area (Å²) in [6, 6.07) is 9.67. The van der Waals surface area contributed by atoms with E-state index in [1.165, 1.54) is 6.92 Å². The Kier molecular flexibility index (Phi) is 7.05. The molecule has 2 aromatic carbocycles. The number of benzene rings is 2. The van der Waals surface area contributed by atoms with Crippen LogP contribution in [0.4, 0.5) is 0 Å². The SMILES string of the molecule is COc1ccc(Oc2c(Br)cc(C[C@H](NC(C)=O)C(=O)O)cc2Br)cc1. The van der Waals surface area contributed by atoms with Crippen LogP contribution in [-0.4, -0.2) is 30.1 Å². The van der Waals surface area contributed by atoms with Gasteiger partial charge in [-0.1, -0.05) is 0 Å². The van der Waals surface area contributed by atoms with Crippen LogP contribution in [0.25, 0.3) is 0 Å². The lowest BCUT2D eigenvalue weighted by molar-refractivity contribution is -0.141. The van der Waals surface area contributed by atoms with E-state index in [0.717, 1.165) is 11.3 Å². The third kappa shape index (κ3) is 5.47. The van der Waals surface area contributed by atoms with Gasteiger partial charge in [-0.3, -0.25) is 4.79 Å². The number of hydrogen-bond donors (Lipinski definition) is 2. The largest absolute Gasteiger partial charge is 0.497 e. The smallest absolute Gasteiger partial charge is 0.326 e. The first-order valence-corrected chi connectivity index (χ1v) is 9.18. The van der Waals surface area contributed by atoms with Crippen LogP contribution < -0.4 is 14.8 Å². The zero-order chi connectivity index (χ0) is 19.3. The molecule has 0 aromatic heterocycles. The van der Waals surface area contributed by atoms with E-state index in [1.807, 2.05) is 0 Å². The minimum atomic E-state index is -1.09. The van der Waals surface area contributed by atoms with Gasteiger partial charge in [0, 0.05) is 13.3 Å². The molecule has 138 valence electrons. The van der Waals surface area contributed by atoms with E-state index >= 15 is 0 Å². The average Bonchev–Trinajstić information content (AvgIpc) is 2.57. The fourth-order valence-electron chi connectivity index (χ4n) is 2.27. The van der Waals surface area contributed by atoms with Gasteiger partial charge < -0.3 is 19.9 Å². The number of rotatable bonds is 7. The Morgan fingerprint density at radius 3 is 2.12 bits per heavy atom. The Balaban J connectivity index is 2.20. The van der Waals surface area contributed by atoms with Gasteiger partial charge in [-0.25, -0.2) is 4.79 Å². The molecule has 1 amide bonds. The molecule has 1 atom stereocenters. The number of carbonyl (C=O) groups excluding carboxylic acids is 1. The molecular weight excluding hydrogens is 470 g/mol. The average molecular weight is 487 g/mol. The maximum Gasteiger partial charge on any atom is 0.326 e. The highest BCUT2D eigenvalue weighted by Gasteiger charge is 2.20. The molecule has 0 saturated carbocycles. The summed E-state index contributed by atoms with van der Waals surface area (Å²) in [6.45, 7) is 1.29. The van der Waals surface area contributed by atoms with Gasteiger partial charge in [0.25, 0.3) is 0 Å². The number of carboxylic acid groups (broad SMARTS) is 1. The zero-order valence-electron chi connectivity index (χ0n) is 14.1. The van der Waals surface area contributed by atoms with Gasteiger partial charge in [0.1, 0.15) is 17.5 Å². The van der Waals surface area contributed by atoms with Crippen molar-refractivity contribution >= 4 is 43.7 Å². The van der Waals surface area contributed by atoms with E-state index in [-0.39, 0.29) is 6.42 Å². The molecule has 0 aliphatic heterocycles. The molecule has 0 heterocycles. The molecule has 2 aromatic rings.